The van der Waals surface area contributed by atoms with Gasteiger partial charge in [-0.25, -0.2) is 0 Å². The summed E-state index contributed by atoms with van der Waals surface area (Å²) >= 11 is 9.17. The molecule has 1 atom stereocenters. The van der Waals surface area contributed by atoms with Gasteiger partial charge in [-0.2, -0.15) is 0 Å². The van der Waals surface area contributed by atoms with Gasteiger partial charge in [0.1, 0.15) is 0 Å². The predicted octanol–water partition coefficient (Wildman–Crippen LogP) is 4.86. The number of nitro benzene ring substituents is 1. The third-order valence-corrected chi connectivity index (χ3v) is 4.39. The highest BCUT2D eigenvalue weighted by atomic mass is 79.9. The molecule has 2 rings (SSSR count). The molecule has 0 aliphatic carbocycles. The summed E-state index contributed by atoms with van der Waals surface area (Å²) in [4.78, 5) is 10.5. The van der Waals surface area contributed by atoms with Gasteiger partial charge >= 0.3 is 0 Å². The van der Waals surface area contributed by atoms with E-state index in [0.29, 0.717) is 16.0 Å². The first-order valence-electron chi connectivity index (χ1n) is 6.39. The Morgan fingerprint density at radius 3 is 2.57 bits per heavy atom. The Morgan fingerprint density at radius 1 is 1.29 bits per heavy atom. The molecule has 0 unspecified atom stereocenters. The van der Waals surface area contributed by atoms with Gasteiger partial charge in [-0.1, -0.05) is 35.9 Å². The zero-order chi connectivity index (χ0) is 15.4. The Hall–Kier alpha value is -1.43. The lowest BCUT2D eigenvalue weighted by Crippen LogP contribution is -2.18. The van der Waals surface area contributed by atoms with Crippen LogP contribution in [0.3, 0.4) is 0 Å². The van der Waals surface area contributed by atoms with Crippen molar-refractivity contribution in [3.8, 4) is 0 Å². The minimum absolute atomic E-state index is 0.0773. The Balaban J connectivity index is 2.08. The summed E-state index contributed by atoms with van der Waals surface area (Å²) in [6.45, 7) is 2.57. The van der Waals surface area contributed by atoms with Crippen LogP contribution in [-0.2, 0) is 6.54 Å². The van der Waals surface area contributed by atoms with Gasteiger partial charge in [0.25, 0.3) is 5.69 Å². The van der Waals surface area contributed by atoms with E-state index >= 15 is 0 Å². The molecule has 0 fully saturated rings. The van der Waals surface area contributed by atoms with Gasteiger partial charge in [0.05, 0.1) is 9.40 Å². The lowest BCUT2D eigenvalue weighted by atomic mass is 10.1. The maximum atomic E-state index is 10.9. The molecule has 0 amide bonds. The lowest BCUT2D eigenvalue weighted by molar-refractivity contribution is -0.385. The maximum absolute atomic E-state index is 10.9. The molecule has 21 heavy (non-hydrogen) atoms. The average Bonchev–Trinajstić information content (AvgIpc) is 2.46. The topological polar surface area (TPSA) is 55.2 Å². The van der Waals surface area contributed by atoms with E-state index in [1.807, 2.05) is 37.3 Å². The summed E-state index contributed by atoms with van der Waals surface area (Å²) < 4.78 is 0.519. The molecule has 0 saturated carbocycles. The van der Waals surface area contributed by atoms with Crippen LogP contribution >= 0.6 is 27.5 Å². The first-order chi connectivity index (χ1) is 9.99. The summed E-state index contributed by atoms with van der Waals surface area (Å²) in [7, 11) is 0. The molecule has 2 aromatic rings. The van der Waals surface area contributed by atoms with Gasteiger partial charge in [-0.05, 0) is 46.1 Å². The fourth-order valence-corrected chi connectivity index (χ4v) is 2.65. The second kappa shape index (κ2) is 7.02. The number of nitro groups is 1. The lowest BCUT2D eigenvalue weighted by Gasteiger charge is -2.15. The maximum Gasteiger partial charge on any atom is 0.283 e. The average molecular weight is 370 g/mol. The van der Waals surface area contributed by atoms with Gasteiger partial charge in [0.15, 0.2) is 0 Å². The van der Waals surface area contributed by atoms with Crippen molar-refractivity contribution < 1.29 is 4.92 Å². The predicted molar refractivity (Wildman–Crippen MR) is 87.5 cm³/mol. The monoisotopic (exact) mass is 368 g/mol. The fraction of sp³-hybridized carbons (Fsp3) is 0.200. The van der Waals surface area contributed by atoms with Gasteiger partial charge in [0, 0.05) is 23.7 Å². The smallest absolute Gasteiger partial charge is 0.283 e. The minimum atomic E-state index is -0.393. The quantitative estimate of drug-likeness (QED) is 0.605. The summed E-state index contributed by atoms with van der Waals surface area (Å²) in [6, 6.07) is 12.8. The summed E-state index contributed by atoms with van der Waals surface area (Å²) in [6.07, 6.45) is 0. The highest BCUT2D eigenvalue weighted by Crippen LogP contribution is 2.28. The summed E-state index contributed by atoms with van der Waals surface area (Å²) in [5.41, 5.74) is 2.04. The van der Waals surface area contributed by atoms with Gasteiger partial charge in [0.2, 0.25) is 0 Å². The molecule has 0 aromatic heterocycles. The van der Waals surface area contributed by atoms with Crippen molar-refractivity contribution in [2.24, 2.45) is 0 Å². The molecule has 0 aliphatic rings. The van der Waals surface area contributed by atoms with Crippen molar-refractivity contribution in [1.82, 2.24) is 5.32 Å². The summed E-state index contributed by atoms with van der Waals surface area (Å²) in [5, 5.41) is 15.0. The number of hydrogen-bond donors (Lipinski definition) is 1. The molecule has 0 heterocycles. The number of rotatable bonds is 5. The highest BCUT2D eigenvalue weighted by molar-refractivity contribution is 9.10. The van der Waals surface area contributed by atoms with Crippen LogP contribution in [0.1, 0.15) is 24.1 Å². The second-order valence-electron chi connectivity index (χ2n) is 4.66. The van der Waals surface area contributed by atoms with Crippen LogP contribution in [0.4, 0.5) is 5.69 Å². The number of nitrogens with zero attached hydrogens (tertiary/aromatic N) is 1. The standard InChI is InChI=1S/C15H14BrClN2O2/c1-10(11-5-7-13(17)8-6-11)18-9-12-3-2-4-14(15(12)16)19(20)21/h2-8,10,18H,9H2,1H3/t10-/m1/s1. The molecule has 0 aliphatic heterocycles. The van der Waals surface area contributed by atoms with Gasteiger partial charge in [-0.15, -0.1) is 0 Å². The normalized spacial score (nSPS) is 12.1. The third-order valence-electron chi connectivity index (χ3n) is 3.22. The number of nitrogens with one attached hydrogen (secondary N) is 1. The van der Waals surface area contributed by atoms with Crippen LogP contribution in [0, 0.1) is 10.1 Å². The number of halogens is 2. The van der Waals surface area contributed by atoms with Crippen LogP contribution in [0.5, 0.6) is 0 Å². The molecule has 0 radical (unpaired) electrons. The van der Waals surface area contributed by atoms with E-state index in [1.54, 1.807) is 6.07 Å². The molecular formula is C15H14BrClN2O2. The first kappa shape index (κ1) is 15.9. The van der Waals surface area contributed by atoms with E-state index in [4.69, 9.17) is 11.6 Å². The molecule has 4 nitrogen and oxygen atoms in total. The minimum Gasteiger partial charge on any atom is -0.306 e. The van der Waals surface area contributed by atoms with Crippen molar-refractivity contribution in [2.45, 2.75) is 19.5 Å². The molecular weight excluding hydrogens is 356 g/mol. The molecule has 110 valence electrons. The zero-order valence-electron chi connectivity index (χ0n) is 11.3. The van der Waals surface area contributed by atoms with Crippen molar-refractivity contribution >= 4 is 33.2 Å². The number of hydrogen-bond acceptors (Lipinski definition) is 3. The van der Waals surface area contributed by atoms with E-state index in [1.165, 1.54) is 6.07 Å². The highest BCUT2D eigenvalue weighted by Gasteiger charge is 2.15. The second-order valence-corrected chi connectivity index (χ2v) is 5.89. The SMILES string of the molecule is C[C@@H](NCc1cccc([N+](=O)[O-])c1Br)c1ccc(Cl)cc1. The van der Waals surface area contributed by atoms with Crippen molar-refractivity contribution in [3.63, 3.8) is 0 Å². The van der Waals surface area contributed by atoms with E-state index in [0.717, 1.165) is 11.1 Å². The molecule has 2 aromatic carbocycles. The molecule has 6 heteroatoms. The first-order valence-corrected chi connectivity index (χ1v) is 7.56. The summed E-state index contributed by atoms with van der Waals surface area (Å²) in [5.74, 6) is 0. The van der Waals surface area contributed by atoms with Crippen molar-refractivity contribution in [2.75, 3.05) is 0 Å². The fourth-order valence-electron chi connectivity index (χ4n) is 1.98. The Kier molecular flexibility index (Phi) is 5.33. The zero-order valence-corrected chi connectivity index (χ0v) is 13.7. The van der Waals surface area contributed by atoms with E-state index in [-0.39, 0.29) is 11.7 Å². The Morgan fingerprint density at radius 2 is 1.95 bits per heavy atom. The third kappa shape index (κ3) is 4.03. The van der Waals surface area contributed by atoms with Gasteiger partial charge in [-0.3, -0.25) is 10.1 Å². The van der Waals surface area contributed by atoms with Crippen molar-refractivity contribution in [3.05, 3.63) is 73.2 Å². The molecule has 0 bridgehead atoms. The van der Waals surface area contributed by atoms with Crippen LogP contribution < -0.4 is 5.32 Å². The molecule has 1 N–H and O–H groups in total. The van der Waals surface area contributed by atoms with E-state index in [2.05, 4.69) is 21.2 Å². The van der Waals surface area contributed by atoms with Crippen LogP contribution in [-0.4, -0.2) is 4.92 Å². The van der Waals surface area contributed by atoms with E-state index < -0.39 is 4.92 Å². The number of benzene rings is 2. The Bertz CT molecular complexity index is 647. The molecule has 0 spiro atoms. The van der Waals surface area contributed by atoms with Crippen LogP contribution in [0.15, 0.2) is 46.9 Å². The van der Waals surface area contributed by atoms with Crippen LogP contribution in [0.25, 0.3) is 0 Å². The molecule has 0 saturated heterocycles. The Labute approximate surface area is 136 Å². The van der Waals surface area contributed by atoms with Gasteiger partial charge < -0.3 is 5.32 Å². The largest absolute Gasteiger partial charge is 0.306 e. The van der Waals surface area contributed by atoms with Crippen LogP contribution in [0.2, 0.25) is 5.02 Å². The van der Waals surface area contributed by atoms with Crippen molar-refractivity contribution in [1.29, 1.82) is 0 Å². The van der Waals surface area contributed by atoms with E-state index in [9.17, 15) is 10.1 Å².